The topological polar surface area (TPSA) is 66.4 Å². The lowest BCUT2D eigenvalue weighted by Crippen LogP contribution is -2.54. The number of benzene rings is 1. The number of rotatable bonds is 3. The average molecular weight is 409 g/mol. The Morgan fingerprint density at radius 3 is 2.45 bits per heavy atom. The van der Waals surface area contributed by atoms with Gasteiger partial charge in [0.25, 0.3) is 0 Å². The van der Waals surface area contributed by atoms with Crippen LogP contribution >= 0.6 is 0 Å². The van der Waals surface area contributed by atoms with Crippen LogP contribution in [0.25, 0.3) is 11.0 Å². The maximum Gasteiger partial charge on any atom is 0.243 e. The van der Waals surface area contributed by atoms with Crippen LogP contribution in [0.4, 0.5) is 5.82 Å². The lowest BCUT2D eigenvalue weighted by molar-refractivity contribution is 0.192. The zero-order chi connectivity index (χ0) is 19.9. The number of anilines is 1. The Kier molecular flexibility index (Phi) is 4.52. The molecule has 6 nitrogen and oxygen atoms in total. The summed E-state index contributed by atoms with van der Waals surface area (Å²) >= 11 is 0. The summed E-state index contributed by atoms with van der Waals surface area (Å²) in [5.74, 6) is 0.918. The van der Waals surface area contributed by atoms with Gasteiger partial charge in [0.15, 0.2) is 5.65 Å². The summed E-state index contributed by atoms with van der Waals surface area (Å²) in [5, 5.41) is 1.03. The molecule has 4 heterocycles. The van der Waals surface area contributed by atoms with Crippen molar-refractivity contribution < 1.29 is 8.42 Å². The first-order chi connectivity index (χ1) is 14.1. The standard InChI is InChI=1S/C22H24N4O2S/c27-29(28,19-7-2-1-3-8-19)26-15-5-11-22(26)12-16-25(17-13-22)20-10-9-18-6-4-14-23-21(18)24-20/h1-4,6-10,14H,5,11-13,15-17H2. The van der Waals surface area contributed by atoms with Gasteiger partial charge in [-0.05, 0) is 62.1 Å². The molecule has 0 aliphatic carbocycles. The molecule has 0 N–H and O–H groups in total. The van der Waals surface area contributed by atoms with Crippen LogP contribution < -0.4 is 4.90 Å². The van der Waals surface area contributed by atoms with Crippen LogP contribution in [-0.4, -0.2) is 47.9 Å². The fourth-order valence-corrected chi connectivity index (χ4v) is 6.69. The van der Waals surface area contributed by atoms with E-state index >= 15 is 0 Å². The van der Waals surface area contributed by atoms with Crippen molar-refractivity contribution in [1.82, 2.24) is 14.3 Å². The van der Waals surface area contributed by atoms with Gasteiger partial charge in [0, 0.05) is 36.8 Å². The minimum absolute atomic E-state index is 0.278. The zero-order valence-electron chi connectivity index (χ0n) is 16.2. The molecule has 0 atom stereocenters. The molecule has 0 saturated carbocycles. The maximum absolute atomic E-state index is 13.3. The van der Waals surface area contributed by atoms with E-state index in [0.717, 1.165) is 55.6 Å². The van der Waals surface area contributed by atoms with Gasteiger partial charge in [0.1, 0.15) is 5.82 Å². The summed E-state index contributed by atoms with van der Waals surface area (Å²) < 4.78 is 28.4. The van der Waals surface area contributed by atoms with Crippen LogP contribution in [0.5, 0.6) is 0 Å². The summed E-state index contributed by atoms with van der Waals surface area (Å²) in [6.45, 7) is 2.20. The summed E-state index contributed by atoms with van der Waals surface area (Å²) in [7, 11) is -3.47. The molecule has 7 heteroatoms. The van der Waals surface area contributed by atoms with Gasteiger partial charge in [-0.2, -0.15) is 4.31 Å². The van der Waals surface area contributed by atoms with Crippen molar-refractivity contribution >= 4 is 26.9 Å². The smallest absolute Gasteiger partial charge is 0.243 e. The van der Waals surface area contributed by atoms with Crippen molar-refractivity contribution in [2.24, 2.45) is 0 Å². The van der Waals surface area contributed by atoms with Crippen molar-refractivity contribution in [3.63, 3.8) is 0 Å². The van der Waals surface area contributed by atoms with E-state index in [4.69, 9.17) is 4.98 Å². The van der Waals surface area contributed by atoms with Crippen molar-refractivity contribution in [2.45, 2.75) is 36.1 Å². The molecule has 3 aromatic rings. The molecule has 29 heavy (non-hydrogen) atoms. The number of sulfonamides is 1. The second kappa shape index (κ2) is 7.07. The largest absolute Gasteiger partial charge is 0.356 e. The highest BCUT2D eigenvalue weighted by Crippen LogP contribution is 2.42. The van der Waals surface area contributed by atoms with Crippen LogP contribution in [0.2, 0.25) is 0 Å². The molecule has 2 aromatic heterocycles. The van der Waals surface area contributed by atoms with E-state index in [1.807, 2.05) is 24.3 Å². The van der Waals surface area contributed by atoms with Crippen LogP contribution in [0.3, 0.4) is 0 Å². The molecule has 2 fully saturated rings. The molecule has 150 valence electrons. The van der Waals surface area contributed by atoms with Crippen LogP contribution in [0.1, 0.15) is 25.7 Å². The highest BCUT2D eigenvalue weighted by atomic mass is 32.2. The first-order valence-corrected chi connectivity index (χ1v) is 11.6. The van der Waals surface area contributed by atoms with Gasteiger partial charge in [-0.1, -0.05) is 18.2 Å². The Morgan fingerprint density at radius 2 is 1.66 bits per heavy atom. The molecule has 2 saturated heterocycles. The number of hydrogen-bond donors (Lipinski definition) is 0. The molecule has 1 spiro atoms. The fourth-order valence-electron chi connectivity index (χ4n) is 4.78. The van der Waals surface area contributed by atoms with Gasteiger partial charge >= 0.3 is 0 Å². The second-order valence-electron chi connectivity index (χ2n) is 7.92. The third-order valence-electron chi connectivity index (χ3n) is 6.33. The number of fused-ring (bicyclic) bond motifs is 1. The number of nitrogens with zero attached hydrogens (tertiary/aromatic N) is 4. The molecule has 0 radical (unpaired) electrons. The Hall–Kier alpha value is -2.51. The molecule has 0 amide bonds. The summed E-state index contributed by atoms with van der Waals surface area (Å²) in [6.07, 6.45) is 5.25. The van der Waals surface area contributed by atoms with Gasteiger partial charge in [-0.3, -0.25) is 0 Å². The lowest BCUT2D eigenvalue weighted by atomic mass is 9.86. The minimum Gasteiger partial charge on any atom is -0.356 e. The van der Waals surface area contributed by atoms with E-state index in [-0.39, 0.29) is 5.54 Å². The number of aromatic nitrogens is 2. The van der Waals surface area contributed by atoms with Gasteiger partial charge in [-0.25, -0.2) is 18.4 Å². The maximum atomic E-state index is 13.3. The van der Waals surface area contributed by atoms with Crippen molar-refractivity contribution in [3.05, 3.63) is 60.8 Å². The summed E-state index contributed by atoms with van der Waals surface area (Å²) in [4.78, 5) is 11.7. The molecular formula is C22H24N4O2S. The Morgan fingerprint density at radius 1 is 0.862 bits per heavy atom. The lowest BCUT2D eigenvalue weighted by Gasteiger charge is -2.44. The number of pyridine rings is 2. The molecule has 0 unspecified atom stereocenters. The molecule has 1 aromatic carbocycles. The molecule has 0 bridgehead atoms. The second-order valence-corrected chi connectivity index (χ2v) is 9.79. The van der Waals surface area contributed by atoms with E-state index in [0.29, 0.717) is 11.4 Å². The monoisotopic (exact) mass is 408 g/mol. The Bertz CT molecular complexity index is 1130. The van der Waals surface area contributed by atoms with E-state index in [1.54, 1.807) is 34.8 Å². The molecular weight excluding hydrogens is 384 g/mol. The number of piperidine rings is 1. The molecule has 2 aliphatic rings. The van der Waals surface area contributed by atoms with E-state index < -0.39 is 10.0 Å². The van der Waals surface area contributed by atoms with Crippen LogP contribution in [0, 0.1) is 0 Å². The SMILES string of the molecule is O=S(=O)(c1ccccc1)N1CCCC12CCN(c1ccc3cccnc3n1)CC2. The third-order valence-corrected chi connectivity index (χ3v) is 8.35. The van der Waals surface area contributed by atoms with Crippen molar-refractivity contribution in [3.8, 4) is 0 Å². The predicted octanol–water partition coefficient (Wildman–Crippen LogP) is 3.45. The van der Waals surface area contributed by atoms with E-state index in [1.165, 1.54) is 0 Å². The first kappa shape index (κ1) is 18.5. The van der Waals surface area contributed by atoms with Crippen LogP contribution in [0.15, 0.2) is 65.7 Å². The van der Waals surface area contributed by atoms with E-state index in [9.17, 15) is 8.42 Å². The van der Waals surface area contributed by atoms with Gasteiger partial charge in [0.2, 0.25) is 10.0 Å². The average Bonchev–Trinajstić information content (AvgIpc) is 3.18. The zero-order valence-corrected chi connectivity index (χ0v) is 17.1. The van der Waals surface area contributed by atoms with Crippen LogP contribution in [-0.2, 0) is 10.0 Å². The first-order valence-electron chi connectivity index (χ1n) is 10.1. The fraction of sp³-hybridized carbons (Fsp3) is 0.364. The highest BCUT2D eigenvalue weighted by Gasteiger charge is 2.49. The highest BCUT2D eigenvalue weighted by molar-refractivity contribution is 7.89. The van der Waals surface area contributed by atoms with Crippen molar-refractivity contribution in [2.75, 3.05) is 24.5 Å². The van der Waals surface area contributed by atoms with Gasteiger partial charge in [0.05, 0.1) is 4.90 Å². The molecule has 2 aliphatic heterocycles. The predicted molar refractivity (Wildman–Crippen MR) is 113 cm³/mol. The summed E-state index contributed by atoms with van der Waals surface area (Å²) in [6, 6.07) is 16.8. The minimum atomic E-state index is -3.47. The van der Waals surface area contributed by atoms with E-state index in [2.05, 4.69) is 16.0 Å². The van der Waals surface area contributed by atoms with Gasteiger partial charge in [-0.15, -0.1) is 0 Å². The number of hydrogen-bond acceptors (Lipinski definition) is 5. The normalized spacial score (nSPS) is 19.8. The quantitative estimate of drug-likeness (QED) is 0.664. The van der Waals surface area contributed by atoms with Crippen molar-refractivity contribution in [1.29, 1.82) is 0 Å². The third kappa shape index (κ3) is 3.18. The summed E-state index contributed by atoms with van der Waals surface area (Å²) in [5.41, 5.74) is 0.472. The van der Waals surface area contributed by atoms with Gasteiger partial charge < -0.3 is 4.90 Å². The molecule has 5 rings (SSSR count). The Balaban J connectivity index is 1.38. The Labute approximate surface area is 171 Å².